The predicted molar refractivity (Wildman–Crippen MR) is 137 cm³/mol. The van der Waals surface area contributed by atoms with Crippen LogP contribution in [0.15, 0.2) is 23.1 Å². The number of benzene rings is 1. The van der Waals surface area contributed by atoms with E-state index in [1.165, 1.54) is 16.8 Å². The second kappa shape index (κ2) is 11.2. The number of nitrogens with one attached hydrogen (secondary N) is 2. The van der Waals surface area contributed by atoms with Gasteiger partial charge in [-0.05, 0) is 59.9 Å². The molecule has 37 heavy (non-hydrogen) atoms. The largest absolute Gasteiger partial charge is 0.438 e. The Morgan fingerprint density at radius 3 is 2.65 bits per heavy atom. The minimum Gasteiger partial charge on any atom is -0.438 e. The fourth-order valence-electron chi connectivity index (χ4n) is 3.79. The zero-order valence-corrected chi connectivity index (χ0v) is 22.8. The zero-order chi connectivity index (χ0) is 27.5. The van der Waals surface area contributed by atoms with Gasteiger partial charge >= 0.3 is 0 Å². The third-order valence-electron chi connectivity index (χ3n) is 6.04. The van der Waals surface area contributed by atoms with Crippen LogP contribution in [0.1, 0.15) is 69.9 Å². The molecule has 0 radical (unpaired) electrons. The number of amides is 1. The number of nitrogens with zero attached hydrogens (tertiary/aromatic N) is 3. The molecule has 13 heteroatoms. The van der Waals surface area contributed by atoms with Crippen molar-refractivity contribution >= 4 is 21.6 Å². The number of aromatic nitrogens is 2. The highest BCUT2D eigenvalue weighted by Gasteiger charge is 2.31. The van der Waals surface area contributed by atoms with E-state index < -0.39 is 38.1 Å². The van der Waals surface area contributed by atoms with Crippen LogP contribution < -0.4 is 14.8 Å². The van der Waals surface area contributed by atoms with Crippen molar-refractivity contribution in [3.8, 4) is 11.6 Å². The van der Waals surface area contributed by atoms with E-state index in [-0.39, 0.29) is 28.3 Å². The first-order chi connectivity index (χ1) is 17.2. The molecule has 1 amide bonds. The first kappa shape index (κ1) is 28.5. The molecule has 12 nitrogen and oxygen atoms in total. The van der Waals surface area contributed by atoms with Crippen LogP contribution in [-0.2, 0) is 20.3 Å². The number of nitro benzene ring substituents is 1. The van der Waals surface area contributed by atoms with E-state index >= 15 is 0 Å². The topological polar surface area (TPSA) is 155 Å². The van der Waals surface area contributed by atoms with Crippen molar-refractivity contribution in [2.24, 2.45) is 0 Å². The van der Waals surface area contributed by atoms with E-state index in [0.717, 1.165) is 18.9 Å². The van der Waals surface area contributed by atoms with Crippen molar-refractivity contribution in [2.75, 3.05) is 13.2 Å². The number of carbonyl (C=O) groups is 1. The van der Waals surface area contributed by atoms with Crippen molar-refractivity contribution < 1.29 is 27.6 Å². The highest BCUT2D eigenvalue weighted by atomic mass is 32.2. The van der Waals surface area contributed by atoms with E-state index in [2.05, 4.69) is 15.1 Å². The molecule has 0 saturated carbocycles. The molecule has 2 N–H and O–H groups in total. The van der Waals surface area contributed by atoms with Crippen molar-refractivity contribution in [2.45, 2.75) is 83.4 Å². The lowest BCUT2D eigenvalue weighted by molar-refractivity contribution is -0.385. The molecule has 1 aromatic carbocycles. The molecule has 1 fully saturated rings. The fourth-order valence-corrected chi connectivity index (χ4v) is 5.26. The van der Waals surface area contributed by atoms with Gasteiger partial charge in [0.2, 0.25) is 15.9 Å². The van der Waals surface area contributed by atoms with Gasteiger partial charge in [0.15, 0.2) is 5.69 Å². The molecule has 0 aliphatic carbocycles. The van der Waals surface area contributed by atoms with E-state index in [0.29, 0.717) is 25.1 Å². The summed E-state index contributed by atoms with van der Waals surface area (Å²) in [6.07, 6.45) is 2.29. The van der Waals surface area contributed by atoms with E-state index in [1.807, 2.05) is 27.7 Å². The first-order valence-electron chi connectivity index (χ1n) is 12.2. The summed E-state index contributed by atoms with van der Waals surface area (Å²) in [7, 11) is -4.17. The second-order valence-electron chi connectivity index (χ2n) is 10.1. The molecule has 1 saturated heterocycles. The Morgan fingerprint density at radius 2 is 2.08 bits per heavy atom. The van der Waals surface area contributed by atoms with Crippen LogP contribution in [0, 0.1) is 17.0 Å². The molecule has 1 aliphatic heterocycles. The van der Waals surface area contributed by atoms with Gasteiger partial charge in [-0.2, -0.15) is 5.10 Å². The number of non-ortho nitro benzene ring substituents is 1. The van der Waals surface area contributed by atoms with Gasteiger partial charge in [0.05, 0.1) is 16.6 Å². The lowest BCUT2D eigenvalue weighted by Gasteiger charge is -2.23. The Kier molecular flexibility index (Phi) is 8.60. The average Bonchev–Trinajstić information content (AvgIpc) is 3.45. The molecule has 2 aromatic rings. The summed E-state index contributed by atoms with van der Waals surface area (Å²) in [5.74, 6) is -0.374. The number of carbonyl (C=O) groups excluding carboxylic acids is 1. The van der Waals surface area contributed by atoms with Crippen LogP contribution in [0.2, 0.25) is 0 Å². The Balaban J connectivity index is 2.04. The van der Waals surface area contributed by atoms with Crippen LogP contribution in [-0.4, -0.2) is 54.3 Å². The van der Waals surface area contributed by atoms with Gasteiger partial charge in [0.25, 0.3) is 11.6 Å². The minimum absolute atomic E-state index is 0.0458. The maximum Gasteiger partial charge on any atom is 0.272 e. The zero-order valence-electron chi connectivity index (χ0n) is 22.0. The van der Waals surface area contributed by atoms with E-state index in [1.54, 1.807) is 13.8 Å². The summed E-state index contributed by atoms with van der Waals surface area (Å²) in [6, 6.07) is 2.96. The second-order valence-corrected chi connectivity index (χ2v) is 11.8. The predicted octanol–water partition coefficient (Wildman–Crippen LogP) is 3.63. The normalized spacial score (nSPS) is 17.0. The molecule has 1 aliphatic rings. The Morgan fingerprint density at radius 1 is 1.38 bits per heavy atom. The number of rotatable bonds is 10. The van der Waals surface area contributed by atoms with Gasteiger partial charge in [-0.15, -0.1) is 0 Å². The smallest absolute Gasteiger partial charge is 0.272 e. The van der Waals surface area contributed by atoms with E-state index in [9.17, 15) is 23.3 Å². The van der Waals surface area contributed by atoms with Crippen LogP contribution in [0.25, 0.3) is 0 Å². The molecule has 0 bridgehead atoms. The highest BCUT2D eigenvalue weighted by molar-refractivity contribution is 7.89. The third-order valence-corrected chi connectivity index (χ3v) is 7.65. The summed E-state index contributed by atoms with van der Waals surface area (Å²) in [5, 5.41) is 18.7. The lowest BCUT2D eigenvalue weighted by Crippen LogP contribution is -2.32. The first-order valence-corrected chi connectivity index (χ1v) is 13.7. The number of hydrogen-bond donors (Lipinski definition) is 2. The summed E-state index contributed by atoms with van der Waals surface area (Å²) in [5.41, 5.74) is -0.502. The molecule has 0 spiro atoms. The SMILES string of the molecule is CC[C@H](C)NS(=O)(=O)c1cc([N+](=O)[O-])ccc1Oc1c(C)c(C(=O)NC[C@H]2CCCO2)nn1C(C)(C)C. The van der Waals surface area contributed by atoms with Gasteiger partial charge in [-0.3, -0.25) is 14.9 Å². The van der Waals surface area contributed by atoms with Crippen LogP contribution in [0.4, 0.5) is 5.69 Å². The standard InChI is InChI=1S/C24H35N5O7S/c1-7-15(2)27-37(33,34)20-13-17(29(31)32)10-11-19(20)36-23-16(3)21(26-28(23)24(4,5)6)22(30)25-14-18-9-8-12-35-18/h10-11,13,15,18,27H,7-9,12,14H2,1-6H3,(H,25,30)/t15-,18+/m0/s1. The van der Waals surface area contributed by atoms with Crippen LogP contribution in [0.5, 0.6) is 11.6 Å². The van der Waals surface area contributed by atoms with Crippen molar-refractivity contribution in [1.29, 1.82) is 0 Å². The van der Waals surface area contributed by atoms with Crippen molar-refractivity contribution in [3.05, 3.63) is 39.6 Å². The number of ether oxygens (including phenoxy) is 2. The molecule has 0 unspecified atom stereocenters. The van der Waals surface area contributed by atoms with Gasteiger partial charge in [0.1, 0.15) is 10.6 Å². The summed E-state index contributed by atoms with van der Waals surface area (Å²) >= 11 is 0. The quantitative estimate of drug-likeness (QED) is 0.344. The lowest BCUT2D eigenvalue weighted by atomic mass is 10.1. The van der Waals surface area contributed by atoms with E-state index in [4.69, 9.17) is 9.47 Å². The van der Waals surface area contributed by atoms with Gasteiger partial charge in [-0.1, -0.05) is 6.92 Å². The number of nitro groups is 1. The van der Waals surface area contributed by atoms with Crippen LogP contribution >= 0.6 is 0 Å². The molecule has 204 valence electrons. The summed E-state index contributed by atoms with van der Waals surface area (Å²) < 4.78 is 42.0. The Labute approximate surface area is 216 Å². The maximum atomic E-state index is 13.2. The third kappa shape index (κ3) is 6.65. The molecule has 3 rings (SSSR count). The number of sulfonamides is 1. The molecule has 1 aromatic heterocycles. The highest BCUT2D eigenvalue weighted by Crippen LogP contribution is 2.36. The molecular formula is C24H35N5O7S. The molecule has 2 atom stereocenters. The minimum atomic E-state index is -4.17. The maximum absolute atomic E-state index is 13.2. The Bertz CT molecular complexity index is 1260. The summed E-state index contributed by atoms with van der Waals surface area (Å²) in [6.45, 7) is 11.8. The van der Waals surface area contributed by atoms with Crippen molar-refractivity contribution in [3.63, 3.8) is 0 Å². The fraction of sp³-hybridized carbons (Fsp3) is 0.583. The van der Waals surface area contributed by atoms with Gasteiger partial charge in [-0.25, -0.2) is 17.8 Å². The monoisotopic (exact) mass is 537 g/mol. The van der Waals surface area contributed by atoms with Gasteiger partial charge in [0, 0.05) is 36.9 Å². The van der Waals surface area contributed by atoms with Crippen molar-refractivity contribution in [1.82, 2.24) is 19.8 Å². The summed E-state index contributed by atoms with van der Waals surface area (Å²) in [4.78, 5) is 23.3. The van der Waals surface area contributed by atoms with Gasteiger partial charge < -0.3 is 14.8 Å². The molecular weight excluding hydrogens is 502 g/mol. The van der Waals surface area contributed by atoms with Crippen LogP contribution in [0.3, 0.4) is 0 Å². The molecule has 2 heterocycles. The Hall–Kier alpha value is -3.03. The average molecular weight is 538 g/mol. The number of hydrogen-bond acceptors (Lipinski definition) is 8.